The zero-order valence-corrected chi connectivity index (χ0v) is 9.76. The molecule has 1 unspecified atom stereocenters. The van der Waals surface area contributed by atoms with E-state index in [1.807, 2.05) is 19.1 Å². The molecule has 1 aromatic rings. The Kier molecular flexibility index (Phi) is 4.76. The average molecular weight is 209 g/mol. The largest absolute Gasteiger partial charge is 0.310 e. The zero-order valence-electron chi connectivity index (χ0n) is 9.76. The summed E-state index contributed by atoms with van der Waals surface area (Å²) in [6, 6.07) is 7.15. The number of nitrogens with one attached hydrogen (secondary N) is 1. The fourth-order valence-corrected chi connectivity index (χ4v) is 1.80. The lowest BCUT2D eigenvalue weighted by Crippen LogP contribution is -2.23. The van der Waals surface area contributed by atoms with Gasteiger partial charge in [0.15, 0.2) is 0 Å². The van der Waals surface area contributed by atoms with Gasteiger partial charge >= 0.3 is 0 Å². The van der Waals surface area contributed by atoms with Gasteiger partial charge in [-0.15, -0.1) is 0 Å². The first-order valence-electron chi connectivity index (χ1n) is 5.63. The molecule has 15 heavy (non-hydrogen) atoms. The molecule has 0 spiro atoms. The standard InChI is InChI=1S/C13H20FN/c1-4-15-13(9-10(2)3)11-7-5-6-8-12(11)14/h5-8,10,13,15H,4,9H2,1-3H3. The van der Waals surface area contributed by atoms with Gasteiger partial charge in [-0.2, -0.15) is 0 Å². The van der Waals surface area contributed by atoms with Crippen LogP contribution in [0.3, 0.4) is 0 Å². The molecule has 0 amide bonds. The van der Waals surface area contributed by atoms with Crippen molar-refractivity contribution in [2.45, 2.75) is 33.2 Å². The molecule has 1 N–H and O–H groups in total. The van der Waals surface area contributed by atoms with Crippen LogP contribution in [0.2, 0.25) is 0 Å². The average Bonchev–Trinajstić information content (AvgIpc) is 2.17. The van der Waals surface area contributed by atoms with E-state index in [2.05, 4.69) is 19.2 Å². The number of halogens is 1. The summed E-state index contributed by atoms with van der Waals surface area (Å²) in [6.07, 6.45) is 0.967. The van der Waals surface area contributed by atoms with E-state index < -0.39 is 0 Å². The van der Waals surface area contributed by atoms with Crippen molar-refractivity contribution in [3.05, 3.63) is 35.6 Å². The molecule has 1 nitrogen and oxygen atoms in total. The molecule has 0 bridgehead atoms. The van der Waals surface area contributed by atoms with Crippen molar-refractivity contribution in [2.75, 3.05) is 6.54 Å². The van der Waals surface area contributed by atoms with Crippen LogP contribution in [0.1, 0.15) is 38.8 Å². The fourth-order valence-electron chi connectivity index (χ4n) is 1.80. The second kappa shape index (κ2) is 5.86. The third-order valence-electron chi connectivity index (χ3n) is 2.44. The minimum absolute atomic E-state index is 0.107. The maximum atomic E-state index is 13.6. The van der Waals surface area contributed by atoms with E-state index in [-0.39, 0.29) is 11.9 Å². The van der Waals surface area contributed by atoms with Gasteiger partial charge in [-0.1, -0.05) is 39.0 Å². The summed E-state index contributed by atoms with van der Waals surface area (Å²) in [5, 5.41) is 3.33. The van der Waals surface area contributed by atoms with Gasteiger partial charge in [0.1, 0.15) is 5.82 Å². The summed E-state index contributed by atoms with van der Waals surface area (Å²) in [5.41, 5.74) is 0.785. The Morgan fingerprint density at radius 1 is 1.27 bits per heavy atom. The van der Waals surface area contributed by atoms with Crippen LogP contribution in [-0.2, 0) is 0 Å². The van der Waals surface area contributed by atoms with Crippen LogP contribution in [0.4, 0.5) is 4.39 Å². The van der Waals surface area contributed by atoms with E-state index in [1.165, 1.54) is 6.07 Å². The van der Waals surface area contributed by atoms with Gasteiger partial charge in [-0.05, 0) is 24.9 Å². The zero-order chi connectivity index (χ0) is 11.3. The summed E-state index contributed by atoms with van der Waals surface area (Å²) >= 11 is 0. The Morgan fingerprint density at radius 2 is 1.93 bits per heavy atom. The van der Waals surface area contributed by atoms with E-state index >= 15 is 0 Å². The molecule has 84 valence electrons. The van der Waals surface area contributed by atoms with E-state index in [0.29, 0.717) is 5.92 Å². The van der Waals surface area contributed by atoms with Crippen molar-refractivity contribution >= 4 is 0 Å². The molecule has 0 aliphatic heterocycles. The molecule has 0 saturated heterocycles. The van der Waals surface area contributed by atoms with E-state index in [1.54, 1.807) is 6.07 Å². The first kappa shape index (κ1) is 12.2. The van der Waals surface area contributed by atoms with Crippen LogP contribution in [-0.4, -0.2) is 6.54 Å². The Labute approximate surface area is 91.7 Å². The molecule has 0 aromatic heterocycles. The maximum absolute atomic E-state index is 13.6. The number of hydrogen-bond acceptors (Lipinski definition) is 1. The second-order valence-corrected chi connectivity index (χ2v) is 4.26. The Hall–Kier alpha value is -0.890. The lowest BCUT2D eigenvalue weighted by molar-refractivity contribution is 0.424. The first-order valence-corrected chi connectivity index (χ1v) is 5.63. The highest BCUT2D eigenvalue weighted by molar-refractivity contribution is 5.21. The summed E-state index contributed by atoms with van der Waals surface area (Å²) in [6.45, 7) is 7.23. The Bertz CT molecular complexity index is 296. The SMILES string of the molecule is CCNC(CC(C)C)c1ccccc1F. The van der Waals surface area contributed by atoms with Crippen molar-refractivity contribution < 1.29 is 4.39 Å². The molecule has 1 rings (SSSR count). The van der Waals surface area contributed by atoms with E-state index in [9.17, 15) is 4.39 Å². The number of rotatable bonds is 5. The molecular weight excluding hydrogens is 189 g/mol. The normalized spacial score (nSPS) is 13.1. The predicted molar refractivity (Wildman–Crippen MR) is 62.3 cm³/mol. The molecule has 0 fully saturated rings. The van der Waals surface area contributed by atoms with Crippen LogP contribution in [0, 0.1) is 11.7 Å². The molecule has 1 atom stereocenters. The van der Waals surface area contributed by atoms with Crippen LogP contribution in [0.25, 0.3) is 0 Å². The van der Waals surface area contributed by atoms with Gasteiger partial charge < -0.3 is 5.32 Å². The number of benzene rings is 1. The third-order valence-corrected chi connectivity index (χ3v) is 2.44. The van der Waals surface area contributed by atoms with Crippen molar-refractivity contribution in [1.29, 1.82) is 0 Å². The highest BCUT2D eigenvalue weighted by Gasteiger charge is 2.15. The molecule has 0 heterocycles. The van der Waals surface area contributed by atoms with Gasteiger partial charge in [0.05, 0.1) is 0 Å². The third kappa shape index (κ3) is 3.63. The predicted octanol–water partition coefficient (Wildman–Crippen LogP) is 3.52. The topological polar surface area (TPSA) is 12.0 Å². The van der Waals surface area contributed by atoms with Gasteiger partial charge in [0.2, 0.25) is 0 Å². The van der Waals surface area contributed by atoms with Crippen LogP contribution < -0.4 is 5.32 Å². The smallest absolute Gasteiger partial charge is 0.127 e. The van der Waals surface area contributed by atoms with Crippen molar-refractivity contribution in [3.8, 4) is 0 Å². The molecule has 0 radical (unpaired) electrons. The molecule has 0 aliphatic carbocycles. The minimum atomic E-state index is -0.107. The molecule has 0 saturated carbocycles. The minimum Gasteiger partial charge on any atom is -0.310 e. The van der Waals surface area contributed by atoms with Crippen LogP contribution in [0.5, 0.6) is 0 Å². The lowest BCUT2D eigenvalue weighted by Gasteiger charge is -2.20. The highest BCUT2D eigenvalue weighted by Crippen LogP contribution is 2.23. The summed E-state index contributed by atoms with van der Waals surface area (Å²) in [5.74, 6) is 0.456. The van der Waals surface area contributed by atoms with Crippen LogP contribution >= 0.6 is 0 Å². The molecule has 0 aliphatic rings. The summed E-state index contributed by atoms with van der Waals surface area (Å²) in [4.78, 5) is 0. The van der Waals surface area contributed by atoms with E-state index in [4.69, 9.17) is 0 Å². The second-order valence-electron chi connectivity index (χ2n) is 4.26. The Morgan fingerprint density at radius 3 is 2.47 bits per heavy atom. The van der Waals surface area contributed by atoms with Crippen LogP contribution in [0.15, 0.2) is 24.3 Å². The van der Waals surface area contributed by atoms with Crippen molar-refractivity contribution in [1.82, 2.24) is 5.32 Å². The van der Waals surface area contributed by atoms with Gasteiger partial charge in [0.25, 0.3) is 0 Å². The lowest BCUT2D eigenvalue weighted by atomic mass is 9.96. The number of hydrogen-bond donors (Lipinski definition) is 1. The summed E-state index contributed by atoms with van der Waals surface area (Å²) in [7, 11) is 0. The molecule has 2 heteroatoms. The maximum Gasteiger partial charge on any atom is 0.127 e. The molecule has 1 aromatic carbocycles. The van der Waals surface area contributed by atoms with E-state index in [0.717, 1.165) is 18.5 Å². The Balaban J connectivity index is 2.83. The first-order chi connectivity index (χ1) is 7.15. The highest BCUT2D eigenvalue weighted by atomic mass is 19.1. The fraction of sp³-hybridized carbons (Fsp3) is 0.538. The molecular formula is C13H20FN. The van der Waals surface area contributed by atoms with Crippen molar-refractivity contribution in [2.24, 2.45) is 5.92 Å². The van der Waals surface area contributed by atoms with Gasteiger partial charge in [-0.25, -0.2) is 4.39 Å². The van der Waals surface area contributed by atoms with Crippen molar-refractivity contribution in [3.63, 3.8) is 0 Å². The van der Waals surface area contributed by atoms with Gasteiger partial charge in [-0.3, -0.25) is 0 Å². The monoisotopic (exact) mass is 209 g/mol. The summed E-state index contributed by atoms with van der Waals surface area (Å²) < 4.78 is 13.6. The van der Waals surface area contributed by atoms with Gasteiger partial charge in [0, 0.05) is 11.6 Å². The quantitative estimate of drug-likeness (QED) is 0.782.